The molecule has 0 bridgehead atoms. The Hall–Kier alpha value is -4.87. The molecule has 11 nitrogen and oxygen atoms in total. The normalized spacial score (nSPS) is 12.2. The molecule has 2 amide bonds. The number of para-hydroxylation sites is 3. The van der Waals surface area contributed by atoms with Crippen molar-refractivity contribution in [3.63, 3.8) is 0 Å². The number of amides is 2. The van der Waals surface area contributed by atoms with Crippen LogP contribution >= 0.6 is 11.8 Å². The standard InChI is InChI=1S/C27H25F3N4O5S.C2HF3O2/c28-27(29,30)23(35)16-40-11-5-8-20(25(37)32-14-17-12-18-6-1-2-7-19(18)31-13-17)33-24(36)15-34-21-9-3-4-10-22(21)39-26(34)38;3-2(4,5)1(6)7/h1-4,6-7,9-10,12-13,20H,5,8,11,14-16H2,(H,32,37)(H,33,36);(H,6,7)/t20-;/m0./s1. The number of rotatable bonds is 12. The minimum absolute atomic E-state index is 0.107. The molecule has 47 heavy (non-hydrogen) atoms. The number of carbonyl (C=O) groups excluding carboxylic acids is 4. The second-order valence-corrected chi connectivity index (χ2v) is 10.9. The van der Waals surface area contributed by atoms with E-state index < -0.39 is 60.0 Å². The van der Waals surface area contributed by atoms with Crippen LogP contribution in [0.25, 0.3) is 22.0 Å². The molecule has 0 aliphatic rings. The van der Waals surface area contributed by atoms with Crippen LogP contribution < -0.4 is 26.5 Å². The van der Waals surface area contributed by atoms with Gasteiger partial charge in [-0.3, -0.25) is 19.0 Å². The molecule has 3 N–H and O–H groups in total. The zero-order valence-electron chi connectivity index (χ0n) is 24.1. The smallest absolute Gasteiger partial charge is 0.450 e. The molecule has 1 atom stereocenters. The molecule has 0 spiro atoms. The number of thioether (sulfide) groups is 1. The minimum atomic E-state index is -5.19. The molecule has 252 valence electrons. The van der Waals surface area contributed by atoms with Gasteiger partial charge in [0.1, 0.15) is 18.6 Å². The van der Waals surface area contributed by atoms with Crippen LogP contribution in [-0.4, -0.2) is 58.0 Å². The Kier molecular flexibility index (Phi) is 12.5. The molecule has 0 aliphatic heterocycles. The number of carboxylic acid groups (broad SMARTS) is 1. The highest BCUT2D eigenvalue weighted by Crippen LogP contribution is 2.19. The van der Waals surface area contributed by atoms with Gasteiger partial charge in [0.25, 0.3) is 0 Å². The predicted octanol–water partition coefficient (Wildman–Crippen LogP) is 2.31. The molecule has 4 aromatic rings. The van der Waals surface area contributed by atoms with Gasteiger partial charge in [-0.05, 0) is 42.9 Å². The van der Waals surface area contributed by atoms with Crippen molar-refractivity contribution in [3.8, 4) is 0 Å². The summed E-state index contributed by atoms with van der Waals surface area (Å²) < 4.78 is 75.1. The second kappa shape index (κ2) is 16.1. The fraction of sp³-hybridized carbons (Fsp3) is 0.310. The third kappa shape index (κ3) is 11.2. The highest BCUT2D eigenvalue weighted by molar-refractivity contribution is 7.99. The van der Waals surface area contributed by atoms with Crippen LogP contribution in [0.3, 0.4) is 0 Å². The average Bonchev–Trinajstić information content (AvgIpc) is 3.32. The molecule has 0 radical (unpaired) electrons. The van der Waals surface area contributed by atoms with Gasteiger partial charge in [-0.1, -0.05) is 24.3 Å². The van der Waals surface area contributed by atoms with Crippen molar-refractivity contribution in [1.82, 2.24) is 15.2 Å². The van der Waals surface area contributed by atoms with Crippen LogP contribution in [0.2, 0.25) is 0 Å². The highest BCUT2D eigenvalue weighted by atomic mass is 32.2. The number of Topliss-reactive ketones (excluding diaryl/α,β-unsaturated/α-hetero) is 1. The molecule has 18 heteroatoms. The van der Waals surface area contributed by atoms with Gasteiger partial charge in [-0.2, -0.15) is 38.1 Å². The number of carboxylic acids is 1. The fourth-order valence-corrected chi connectivity index (χ4v) is 4.90. The van der Waals surface area contributed by atoms with Gasteiger partial charge in [0.15, 0.2) is 11.8 Å². The number of aromatic nitrogens is 2. The van der Waals surface area contributed by atoms with Gasteiger partial charge >= 0.3 is 18.1 Å². The number of hydrogen-bond acceptors (Lipinski definition) is 8. The van der Waals surface area contributed by atoms with Crippen molar-refractivity contribution in [2.45, 2.75) is 44.3 Å². The number of pyridine rings is 1. The summed E-state index contributed by atoms with van der Waals surface area (Å²) in [6.45, 7) is -0.235. The van der Waals surface area contributed by atoms with E-state index in [0.29, 0.717) is 11.1 Å². The van der Waals surface area contributed by atoms with E-state index in [2.05, 4.69) is 15.6 Å². The molecule has 2 aromatic heterocycles. The lowest BCUT2D eigenvalue weighted by Gasteiger charge is -2.18. The van der Waals surface area contributed by atoms with E-state index >= 15 is 0 Å². The lowest BCUT2D eigenvalue weighted by atomic mass is 10.1. The maximum absolute atomic E-state index is 13.1. The first kappa shape index (κ1) is 36.6. The number of nitrogens with zero attached hydrogens (tertiary/aromatic N) is 1. The summed E-state index contributed by atoms with van der Waals surface area (Å²) in [5.41, 5.74) is 2.44. The summed E-state index contributed by atoms with van der Waals surface area (Å²) in [4.78, 5) is 61.2. The van der Waals surface area contributed by atoms with Gasteiger partial charge in [-0.15, -0.1) is 0 Å². The van der Waals surface area contributed by atoms with Crippen LogP contribution in [0, 0.1) is 0 Å². The first-order valence-electron chi connectivity index (χ1n) is 13.6. The number of oxazole rings is 1. The molecule has 2 heterocycles. The molecular formula is C29H26F6N4O7S. The Morgan fingerprint density at radius 3 is 2.32 bits per heavy atom. The van der Waals surface area contributed by atoms with Crippen molar-refractivity contribution in [3.05, 3.63) is 76.9 Å². The molecule has 0 saturated heterocycles. The number of hydrogen-bond donors (Lipinski definition) is 2. The number of H-pyrrole nitrogens is 1. The third-order valence-electron chi connectivity index (χ3n) is 6.27. The van der Waals surface area contributed by atoms with Crippen molar-refractivity contribution in [1.29, 1.82) is 0 Å². The van der Waals surface area contributed by atoms with E-state index in [9.17, 15) is 45.5 Å². The van der Waals surface area contributed by atoms with Gasteiger partial charge < -0.3 is 25.0 Å². The van der Waals surface area contributed by atoms with E-state index in [-0.39, 0.29) is 25.1 Å². The number of benzene rings is 2. The average molecular weight is 689 g/mol. The molecule has 0 aliphatic carbocycles. The largest absolute Gasteiger partial charge is 0.542 e. The first-order valence-corrected chi connectivity index (χ1v) is 14.7. The summed E-state index contributed by atoms with van der Waals surface area (Å²) in [5, 5.41) is 15.1. The van der Waals surface area contributed by atoms with Crippen LogP contribution in [0.15, 0.2) is 70.0 Å². The van der Waals surface area contributed by atoms with Crippen LogP contribution in [0.4, 0.5) is 26.3 Å². The van der Waals surface area contributed by atoms with Gasteiger partial charge in [-0.25, -0.2) is 9.78 Å². The molecular weight excluding hydrogens is 662 g/mol. The van der Waals surface area contributed by atoms with Crippen molar-refractivity contribution >= 4 is 57.3 Å². The van der Waals surface area contributed by atoms with E-state index in [1.165, 1.54) is 0 Å². The Bertz CT molecular complexity index is 1790. The summed E-state index contributed by atoms with van der Waals surface area (Å²) >= 11 is 0.803. The lowest BCUT2D eigenvalue weighted by molar-refractivity contribution is -0.345. The summed E-state index contributed by atoms with van der Waals surface area (Å²) in [7, 11) is 0. The number of alkyl halides is 6. The van der Waals surface area contributed by atoms with Crippen LogP contribution in [0.1, 0.15) is 18.4 Å². The lowest BCUT2D eigenvalue weighted by Crippen LogP contribution is -2.48. The molecule has 0 saturated carbocycles. The monoisotopic (exact) mass is 688 g/mol. The summed E-state index contributed by atoms with van der Waals surface area (Å²) in [6.07, 6.45) is -7.97. The summed E-state index contributed by atoms with van der Waals surface area (Å²) in [6, 6.07) is 15.1. The second-order valence-electron chi connectivity index (χ2n) is 9.76. The van der Waals surface area contributed by atoms with E-state index in [0.717, 1.165) is 32.8 Å². The maximum atomic E-state index is 13.1. The Balaban J connectivity index is 0.000000771. The SMILES string of the molecule is O=C(Cn1c(=O)oc2ccccc21)N[C@@H](CCCSCC(=O)C(F)(F)F)C(=O)NCc1c[nH+]c2ccccc2c1.O=C([O-])C(F)(F)F. The number of carbonyl (C=O) groups is 4. The number of halogens is 6. The molecule has 2 aromatic carbocycles. The van der Waals surface area contributed by atoms with Crippen molar-refractivity contribution in [2.24, 2.45) is 0 Å². The van der Waals surface area contributed by atoms with E-state index in [1.54, 1.807) is 30.5 Å². The zero-order valence-corrected chi connectivity index (χ0v) is 24.9. The van der Waals surface area contributed by atoms with Crippen LogP contribution in [-0.2, 0) is 32.3 Å². The first-order chi connectivity index (χ1) is 22.1. The van der Waals surface area contributed by atoms with Gasteiger partial charge in [0.05, 0.1) is 11.3 Å². The number of aromatic amines is 1. The van der Waals surface area contributed by atoms with Gasteiger partial charge in [0.2, 0.25) is 23.1 Å². The van der Waals surface area contributed by atoms with E-state index in [1.807, 2.05) is 30.3 Å². The quantitative estimate of drug-likeness (QED) is 0.169. The molecule has 0 fully saturated rings. The highest BCUT2D eigenvalue weighted by Gasteiger charge is 2.37. The van der Waals surface area contributed by atoms with Crippen molar-refractivity contribution in [2.75, 3.05) is 11.5 Å². The Morgan fingerprint density at radius 1 is 0.979 bits per heavy atom. The van der Waals surface area contributed by atoms with E-state index in [4.69, 9.17) is 14.3 Å². The zero-order chi connectivity index (χ0) is 34.8. The topological polar surface area (TPSA) is 165 Å². The number of ketones is 1. The number of aliphatic carboxylic acids is 1. The minimum Gasteiger partial charge on any atom is -0.542 e. The third-order valence-corrected chi connectivity index (χ3v) is 7.31. The summed E-state index contributed by atoms with van der Waals surface area (Å²) in [5.74, 6) is -7.22. The predicted molar refractivity (Wildman–Crippen MR) is 153 cm³/mol. The van der Waals surface area contributed by atoms with Crippen LogP contribution in [0.5, 0.6) is 0 Å². The Morgan fingerprint density at radius 2 is 1.64 bits per heavy atom. The fourth-order valence-electron chi connectivity index (χ4n) is 4.03. The molecule has 0 unspecified atom stereocenters. The van der Waals surface area contributed by atoms with Gasteiger partial charge in [0, 0.05) is 23.6 Å². The molecule has 4 rings (SSSR count). The van der Waals surface area contributed by atoms with Crippen molar-refractivity contribution < 1.29 is 60.0 Å². The maximum Gasteiger partial charge on any atom is 0.450 e. The Labute approximate surface area is 265 Å². The number of nitrogens with one attached hydrogen (secondary N) is 3. The number of fused-ring (bicyclic) bond motifs is 2.